The van der Waals surface area contributed by atoms with Gasteiger partial charge in [0, 0.05) is 6.42 Å². The van der Waals surface area contributed by atoms with Gasteiger partial charge in [-0.15, -0.1) is 0 Å². The molecule has 0 aliphatic rings. The molecule has 4 N–H and O–H groups in total. The fourth-order valence-corrected chi connectivity index (χ4v) is 1.74. The number of ketones is 1. The van der Waals surface area contributed by atoms with Crippen LogP contribution in [0.25, 0.3) is 0 Å². The van der Waals surface area contributed by atoms with Gasteiger partial charge in [-0.2, -0.15) is 0 Å². The minimum atomic E-state index is -0.646. The van der Waals surface area contributed by atoms with E-state index in [1.165, 1.54) is 12.1 Å². The van der Waals surface area contributed by atoms with Gasteiger partial charge in [0.25, 0.3) is 0 Å². The fraction of sp³-hybridized carbons (Fsp3) is 0.235. The van der Waals surface area contributed by atoms with Gasteiger partial charge in [0.1, 0.15) is 0 Å². The maximum Gasteiger partial charge on any atom is 0.201 e. The molecule has 0 saturated carbocycles. The van der Waals surface area contributed by atoms with E-state index in [1.807, 2.05) is 37.3 Å². The molecule has 0 bridgehead atoms. The van der Waals surface area contributed by atoms with Crippen molar-refractivity contribution in [3.05, 3.63) is 53.6 Å². The highest BCUT2D eigenvalue weighted by Crippen LogP contribution is 2.37. The lowest BCUT2D eigenvalue weighted by Crippen LogP contribution is -1.98. The van der Waals surface area contributed by atoms with Crippen LogP contribution in [-0.4, -0.2) is 26.2 Å². The highest BCUT2D eigenvalue weighted by Gasteiger charge is 2.15. The number of carbonyl (C=O) groups excluding carboxylic acids is 1. The third kappa shape index (κ3) is 4.79. The summed E-state index contributed by atoms with van der Waals surface area (Å²) in [5, 5.41) is 36.0. The van der Waals surface area contributed by atoms with Gasteiger partial charge >= 0.3 is 0 Å². The molecule has 0 aliphatic heterocycles. The first-order valence-electron chi connectivity index (χ1n) is 6.93. The third-order valence-corrected chi connectivity index (χ3v) is 2.93. The number of hydrogen-bond donors (Lipinski definition) is 4. The number of hydrogen-bond acceptors (Lipinski definition) is 5. The quantitative estimate of drug-likeness (QED) is 0.514. The van der Waals surface area contributed by atoms with Crippen molar-refractivity contribution in [2.75, 3.05) is 0 Å². The lowest BCUT2D eigenvalue weighted by Gasteiger charge is -2.05. The van der Waals surface area contributed by atoms with Crippen LogP contribution in [-0.2, 0) is 6.61 Å². The van der Waals surface area contributed by atoms with Crippen molar-refractivity contribution in [1.29, 1.82) is 0 Å². The monoisotopic (exact) mass is 304 g/mol. The maximum atomic E-state index is 11.4. The van der Waals surface area contributed by atoms with E-state index in [2.05, 4.69) is 0 Å². The number of aliphatic hydroxyl groups is 1. The zero-order valence-electron chi connectivity index (χ0n) is 12.4. The van der Waals surface area contributed by atoms with Gasteiger partial charge in [-0.25, -0.2) is 0 Å². The van der Waals surface area contributed by atoms with Gasteiger partial charge in [-0.3, -0.25) is 4.79 Å². The number of benzene rings is 2. The Hall–Kier alpha value is -2.53. The molecule has 0 aliphatic carbocycles. The van der Waals surface area contributed by atoms with Crippen LogP contribution in [0.3, 0.4) is 0 Å². The first-order valence-corrected chi connectivity index (χ1v) is 6.93. The molecule has 2 aromatic rings. The standard InChI is InChI=1S/C10H12O4.C7H8O/c1-2-3-7(11)6-4-5-8(12)10(14)9(6)13;8-6-7-4-2-1-3-5-7/h4-5,12-14H,2-3H2,1H3;1-5,8H,6H2. The lowest BCUT2D eigenvalue weighted by molar-refractivity contribution is 0.0978. The Morgan fingerprint density at radius 2 is 1.59 bits per heavy atom. The normalized spacial score (nSPS) is 9.73. The molecule has 0 radical (unpaired) electrons. The Bertz CT molecular complexity index is 608. The summed E-state index contributed by atoms with van der Waals surface area (Å²) in [7, 11) is 0. The fourth-order valence-electron chi connectivity index (χ4n) is 1.74. The number of phenols is 3. The van der Waals surface area contributed by atoms with Crippen molar-refractivity contribution in [3.63, 3.8) is 0 Å². The van der Waals surface area contributed by atoms with Crippen LogP contribution >= 0.6 is 0 Å². The number of Topliss-reactive ketones (excluding diaryl/α,β-unsaturated/α-hetero) is 1. The predicted molar refractivity (Wildman–Crippen MR) is 83.0 cm³/mol. The summed E-state index contributed by atoms with van der Waals surface area (Å²) < 4.78 is 0. The zero-order valence-corrected chi connectivity index (χ0v) is 12.4. The SMILES string of the molecule is CCCC(=O)c1ccc(O)c(O)c1O.OCc1ccccc1. The Morgan fingerprint density at radius 1 is 0.955 bits per heavy atom. The predicted octanol–water partition coefficient (Wildman–Crippen LogP) is 2.97. The lowest BCUT2D eigenvalue weighted by atomic mass is 10.1. The van der Waals surface area contributed by atoms with Gasteiger partial charge < -0.3 is 20.4 Å². The maximum absolute atomic E-state index is 11.4. The van der Waals surface area contributed by atoms with Crippen LogP contribution < -0.4 is 0 Å². The molecular formula is C17H20O5. The summed E-state index contributed by atoms with van der Waals surface area (Å²) in [6.07, 6.45) is 0.970. The molecule has 0 fully saturated rings. The summed E-state index contributed by atoms with van der Waals surface area (Å²) >= 11 is 0. The minimum absolute atomic E-state index is 0.0437. The largest absolute Gasteiger partial charge is 0.504 e. The molecule has 0 saturated heterocycles. The molecule has 0 atom stereocenters. The van der Waals surface area contributed by atoms with Crippen molar-refractivity contribution in [1.82, 2.24) is 0 Å². The summed E-state index contributed by atoms with van der Waals surface area (Å²) in [5.74, 6) is -1.88. The average molecular weight is 304 g/mol. The van der Waals surface area contributed by atoms with Crippen molar-refractivity contribution in [2.45, 2.75) is 26.4 Å². The number of carbonyl (C=O) groups is 1. The summed E-state index contributed by atoms with van der Waals surface area (Å²) in [5.41, 5.74) is 1.01. The minimum Gasteiger partial charge on any atom is -0.504 e. The van der Waals surface area contributed by atoms with Crippen LogP contribution in [0.5, 0.6) is 17.2 Å². The molecular weight excluding hydrogens is 284 g/mol. The Balaban J connectivity index is 0.000000255. The Labute approximate surface area is 129 Å². The van der Waals surface area contributed by atoms with E-state index >= 15 is 0 Å². The van der Waals surface area contributed by atoms with Gasteiger partial charge in [0.05, 0.1) is 12.2 Å². The molecule has 5 heteroatoms. The molecule has 0 unspecified atom stereocenters. The second-order valence-electron chi connectivity index (χ2n) is 4.65. The Kier molecular flexibility index (Phi) is 6.92. The second-order valence-corrected chi connectivity index (χ2v) is 4.65. The Morgan fingerprint density at radius 3 is 2.09 bits per heavy atom. The molecule has 0 amide bonds. The van der Waals surface area contributed by atoms with Crippen LogP contribution in [0.1, 0.15) is 35.7 Å². The van der Waals surface area contributed by atoms with Gasteiger partial charge in [-0.1, -0.05) is 37.3 Å². The number of aromatic hydroxyl groups is 3. The summed E-state index contributed by atoms with van der Waals surface area (Å²) in [4.78, 5) is 11.4. The smallest absolute Gasteiger partial charge is 0.201 e. The first-order chi connectivity index (χ1) is 10.5. The van der Waals surface area contributed by atoms with Crippen molar-refractivity contribution in [2.24, 2.45) is 0 Å². The van der Waals surface area contributed by atoms with Crippen molar-refractivity contribution >= 4 is 5.78 Å². The van der Waals surface area contributed by atoms with E-state index < -0.39 is 17.2 Å². The second kappa shape index (κ2) is 8.69. The van der Waals surface area contributed by atoms with Crippen LogP contribution in [0.4, 0.5) is 0 Å². The molecule has 0 heterocycles. The first kappa shape index (κ1) is 17.5. The zero-order chi connectivity index (χ0) is 16.5. The number of aliphatic hydroxyl groups excluding tert-OH is 1. The average Bonchev–Trinajstić information content (AvgIpc) is 2.54. The molecule has 0 spiro atoms. The van der Waals surface area contributed by atoms with Crippen LogP contribution in [0.15, 0.2) is 42.5 Å². The highest BCUT2D eigenvalue weighted by molar-refractivity contribution is 5.99. The molecule has 5 nitrogen and oxygen atoms in total. The third-order valence-electron chi connectivity index (χ3n) is 2.93. The van der Waals surface area contributed by atoms with Crippen molar-refractivity contribution in [3.8, 4) is 17.2 Å². The van der Waals surface area contributed by atoms with E-state index in [4.69, 9.17) is 15.3 Å². The molecule has 0 aromatic heterocycles. The molecule has 2 aromatic carbocycles. The van der Waals surface area contributed by atoms with Gasteiger partial charge in [-0.05, 0) is 24.1 Å². The van der Waals surface area contributed by atoms with E-state index in [-0.39, 0.29) is 18.0 Å². The van der Waals surface area contributed by atoms with Crippen molar-refractivity contribution < 1.29 is 25.2 Å². The highest BCUT2D eigenvalue weighted by atomic mass is 16.3. The summed E-state index contributed by atoms with van der Waals surface area (Å²) in [6, 6.07) is 12.0. The van der Waals surface area contributed by atoms with Crippen LogP contribution in [0.2, 0.25) is 0 Å². The molecule has 2 rings (SSSR count). The molecule has 22 heavy (non-hydrogen) atoms. The van der Waals surface area contributed by atoms with E-state index in [9.17, 15) is 9.90 Å². The number of phenolic OH excluding ortho intramolecular Hbond substituents is 3. The van der Waals surface area contributed by atoms with E-state index in [0.717, 1.165) is 5.56 Å². The van der Waals surface area contributed by atoms with E-state index in [0.29, 0.717) is 12.8 Å². The van der Waals surface area contributed by atoms with E-state index in [1.54, 1.807) is 0 Å². The van der Waals surface area contributed by atoms with Gasteiger partial charge in [0.2, 0.25) is 5.75 Å². The topological polar surface area (TPSA) is 98.0 Å². The van der Waals surface area contributed by atoms with Gasteiger partial charge in [0.15, 0.2) is 17.3 Å². The molecule has 118 valence electrons. The number of rotatable bonds is 4. The summed E-state index contributed by atoms with van der Waals surface area (Å²) in [6.45, 7) is 1.98. The van der Waals surface area contributed by atoms with Crippen LogP contribution in [0, 0.1) is 0 Å².